The minimum absolute atomic E-state index is 0.0983. The molecule has 1 aliphatic carbocycles. The molecule has 3 aromatic rings. The predicted octanol–water partition coefficient (Wildman–Crippen LogP) is 5.61. The predicted molar refractivity (Wildman–Crippen MR) is 125 cm³/mol. The van der Waals surface area contributed by atoms with Crippen LogP contribution in [-0.4, -0.2) is 11.1 Å². The fourth-order valence-electron chi connectivity index (χ4n) is 4.29. The molecule has 0 spiro atoms. The van der Waals surface area contributed by atoms with E-state index in [0.717, 1.165) is 45.2 Å². The van der Waals surface area contributed by atoms with Crippen LogP contribution in [0.25, 0.3) is 0 Å². The second-order valence-electron chi connectivity index (χ2n) is 7.86. The van der Waals surface area contributed by atoms with Crippen molar-refractivity contribution in [1.29, 1.82) is 0 Å². The Hall–Kier alpha value is -2.07. The van der Waals surface area contributed by atoms with E-state index in [4.69, 9.17) is 23.2 Å². The number of nitrogens with zero attached hydrogens (tertiary/aromatic N) is 1. The third-order valence-electron chi connectivity index (χ3n) is 5.87. The van der Waals surface area contributed by atoms with Gasteiger partial charge in [0.1, 0.15) is 0 Å². The van der Waals surface area contributed by atoms with Crippen LogP contribution >= 0.6 is 23.2 Å². The lowest BCUT2D eigenvalue weighted by atomic mass is 9.90. The number of aromatic nitrogens is 1. The third-order valence-corrected chi connectivity index (χ3v) is 6.61. The zero-order chi connectivity index (χ0) is 20.9. The summed E-state index contributed by atoms with van der Waals surface area (Å²) < 4.78 is 1.98. The van der Waals surface area contributed by atoms with Gasteiger partial charge in [0.15, 0.2) is 0 Å². The molecule has 5 heteroatoms. The Morgan fingerprint density at radius 3 is 2.57 bits per heavy atom. The summed E-state index contributed by atoms with van der Waals surface area (Å²) in [6.07, 6.45) is 4.89. The molecule has 0 amide bonds. The molecule has 0 saturated carbocycles. The van der Waals surface area contributed by atoms with Crippen molar-refractivity contribution in [2.24, 2.45) is 0 Å². The van der Waals surface area contributed by atoms with Gasteiger partial charge >= 0.3 is 0 Å². The van der Waals surface area contributed by atoms with Crippen LogP contribution in [0.1, 0.15) is 41.3 Å². The van der Waals surface area contributed by atoms with Crippen molar-refractivity contribution in [2.45, 2.75) is 44.7 Å². The van der Waals surface area contributed by atoms with Gasteiger partial charge in [-0.3, -0.25) is 4.79 Å². The number of hydrogen-bond donors (Lipinski definition) is 1. The van der Waals surface area contributed by atoms with E-state index in [1.54, 1.807) is 6.07 Å². The summed E-state index contributed by atoms with van der Waals surface area (Å²) in [5.74, 6) is 0. The maximum absolute atomic E-state index is 12.6. The highest BCUT2D eigenvalue weighted by Crippen LogP contribution is 2.29. The maximum atomic E-state index is 12.6. The number of hydrogen-bond acceptors (Lipinski definition) is 2. The molecule has 30 heavy (non-hydrogen) atoms. The lowest BCUT2D eigenvalue weighted by Crippen LogP contribution is -2.33. The topological polar surface area (TPSA) is 34.0 Å². The summed E-state index contributed by atoms with van der Waals surface area (Å²) in [6, 6.07) is 20.2. The van der Waals surface area contributed by atoms with Crippen molar-refractivity contribution in [1.82, 2.24) is 9.88 Å². The first-order chi connectivity index (χ1) is 14.6. The first-order valence-corrected chi connectivity index (χ1v) is 11.3. The summed E-state index contributed by atoms with van der Waals surface area (Å²) in [7, 11) is 0. The van der Waals surface area contributed by atoms with Crippen LogP contribution in [-0.2, 0) is 25.8 Å². The Labute approximate surface area is 187 Å². The summed E-state index contributed by atoms with van der Waals surface area (Å²) >= 11 is 12.1. The normalized spacial score (nSPS) is 15.7. The molecule has 0 bridgehead atoms. The Bertz CT molecular complexity index is 1060. The zero-order valence-corrected chi connectivity index (χ0v) is 18.4. The average molecular weight is 441 g/mol. The van der Waals surface area contributed by atoms with Gasteiger partial charge in [0.05, 0.1) is 10.0 Å². The molecule has 1 aliphatic rings. The van der Waals surface area contributed by atoms with Crippen LogP contribution in [0.5, 0.6) is 0 Å². The molecule has 0 radical (unpaired) electrons. The summed E-state index contributed by atoms with van der Waals surface area (Å²) in [5, 5.41) is 4.87. The van der Waals surface area contributed by atoms with Crippen LogP contribution in [0, 0.1) is 0 Å². The van der Waals surface area contributed by atoms with Crippen LogP contribution in [0.3, 0.4) is 0 Å². The Balaban J connectivity index is 1.45. The number of halogens is 2. The summed E-state index contributed by atoms with van der Waals surface area (Å²) in [5.41, 5.74) is 4.98. The fraction of sp³-hybridized carbons (Fsp3) is 0.320. The highest BCUT2D eigenvalue weighted by molar-refractivity contribution is 6.42. The molecule has 0 fully saturated rings. The van der Waals surface area contributed by atoms with Gasteiger partial charge in [0, 0.05) is 24.3 Å². The quantitative estimate of drug-likeness (QED) is 0.517. The monoisotopic (exact) mass is 440 g/mol. The maximum Gasteiger partial charge on any atom is 0.250 e. The third kappa shape index (κ3) is 4.97. The Kier molecular flexibility index (Phi) is 6.93. The van der Waals surface area contributed by atoms with Gasteiger partial charge in [0.25, 0.3) is 5.56 Å². The van der Waals surface area contributed by atoms with Crippen LogP contribution < -0.4 is 10.9 Å². The molecule has 1 heterocycles. The molecule has 4 rings (SSSR count). The van der Waals surface area contributed by atoms with Crippen molar-refractivity contribution in [2.75, 3.05) is 6.54 Å². The van der Waals surface area contributed by atoms with Gasteiger partial charge in [-0.05, 0) is 67.5 Å². The number of pyridine rings is 1. The number of rotatable bonds is 7. The van der Waals surface area contributed by atoms with Crippen molar-refractivity contribution in [3.05, 3.63) is 103 Å². The van der Waals surface area contributed by atoms with Gasteiger partial charge in [-0.25, -0.2) is 0 Å². The second-order valence-corrected chi connectivity index (χ2v) is 8.67. The van der Waals surface area contributed by atoms with Gasteiger partial charge in [-0.1, -0.05) is 65.7 Å². The highest BCUT2D eigenvalue weighted by atomic mass is 35.5. The van der Waals surface area contributed by atoms with E-state index in [2.05, 4.69) is 17.4 Å². The fourth-order valence-corrected chi connectivity index (χ4v) is 4.61. The van der Waals surface area contributed by atoms with Crippen molar-refractivity contribution in [3.63, 3.8) is 0 Å². The van der Waals surface area contributed by atoms with Gasteiger partial charge in [-0.2, -0.15) is 0 Å². The number of aryl methyl sites for hydroxylation is 1. The molecule has 156 valence electrons. The van der Waals surface area contributed by atoms with Crippen LogP contribution in [0.2, 0.25) is 10.0 Å². The average Bonchev–Trinajstić information content (AvgIpc) is 2.76. The first-order valence-electron chi connectivity index (χ1n) is 10.6. The number of fused-ring (bicyclic) bond motifs is 1. The van der Waals surface area contributed by atoms with Gasteiger partial charge in [0.2, 0.25) is 0 Å². The Morgan fingerprint density at radius 2 is 1.77 bits per heavy atom. The minimum atomic E-state index is 0.0983. The molecule has 1 atom stereocenters. The standard InChI is InChI=1S/C25H26Cl2N2O/c26-21-11-9-19(17-22(21)27)13-15-28-23-7-4-8-24-20(23)10-12-25(30)29(24)16-14-18-5-2-1-3-6-18/h1-3,5-6,9-12,17,23,28H,4,7-8,13-16H2. The molecule has 0 aliphatic heterocycles. The minimum Gasteiger partial charge on any atom is -0.312 e. The van der Waals surface area contributed by atoms with Crippen LogP contribution in [0.4, 0.5) is 0 Å². The molecular weight excluding hydrogens is 415 g/mol. The number of benzene rings is 2. The zero-order valence-electron chi connectivity index (χ0n) is 16.9. The van der Waals surface area contributed by atoms with Gasteiger partial charge in [-0.15, -0.1) is 0 Å². The second kappa shape index (κ2) is 9.82. The van der Waals surface area contributed by atoms with E-state index in [9.17, 15) is 4.79 Å². The summed E-state index contributed by atoms with van der Waals surface area (Å²) in [6.45, 7) is 1.58. The molecule has 3 nitrogen and oxygen atoms in total. The molecule has 1 unspecified atom stereocenters. The molecule has 2 aromatic carbocycles. The van der Waals surface area contributed by atoms with Crippen LogP contribution in [0.15, 0.2) is 65.5 Å². The highest BCUT2D eigenvalue weighted by Gasteiger charge is 2.22. The lowest BCUT2D eigenvalue weighted by molar-refractivity contribution is 0.442. The van der Waals surface area contributed by atoms with Crippen molar-refractivity contribution >= 4 is 23.2 Å². The number of nitrogens with one attached hydrogen (secondary N) is 1. The van der Waals surface area contributed by atoms with E-state index in [1.165, 1.54) is 22.4 Å². The first kappa shape index (κ1) is 21.2. The van der Waals surface area contributed by atoms with Gasteiger partial charge < -0.3 is 9.88 Å². The largest absolute Gasteiger partial charge is 0.312 e. The van der Waals surface area contributed by atoms with Crippen molar-refractivity contribution in [3.8, 4) is 0 Å². The SMILES string of the molecule is O=c1ccc2c(n1CCc1ccccc1)CCCC2NCCc1ccc(Cl)c(Cl)c1. The molecule has 0 saturated heterocycles. The molecular formula is C25H26Cl2N2O. The van der Waals surface area contributed by atoms with E-state index in [-0.39, 0.29) is 11.6 Å². The van der Waals surface area contributed by atoms with E-state index in [0.29, 0.717) is 10.0 Å². The molecule has 1 N–H and O–H groups in total. The summed E-state index contributed by atoms with van der Waals surface area (Å²) in [4.78, 5) is 12.6. The van der Waals surface area contributed by atoms with E-state index < -0.39 is 0 Å². The van der Waals surface area contributed by atoms with Crippen molar-refractivity contribution < 1.29 is 0 Å². The lowest BCUT2D eigenvalue weighted by Gasteiger charge is -2.29. The smallest absolute Gasteiger partial charge is 0.250 e. The Morgan fingerprint density at radius 1 is 0.933 bits per heavy atom. The molecule has 1 aromatic heterocycles. The van der Waals surface area contributed by atoms with E-state index in [1.807, 2.05) is 47.0 Å². The van der Waals surface area contributed by atoms with E-state index >= 15 is 0 Å².